The van der Waals surface area contributed by atoms with Crippen LogP contribution in [0.25, 0.3) is 11.3 Å². The summed E-state index contributed by atoms with van der Waals surface area (Å²) in [6.07, 6.45) is -1.04. The quantitative estimate of drug-likeness (QED) is 0.868. The third-order valence-electron chi connectivity index (χ3n) is 3.59. The summed E-state index contributed by atoms with van der Waals surface area (Å²) in [6, 6.07) is 3.22. The van der Waals surface area contributed by atoms with Crippen LogP contribution in [0.3, 0.4) is 0 Å². The van der Waals surface area contributed by atoms with Gasteiger partial charge in [0.05, 0.1) is 5.56 Å². The Kier molecular flexibility index (Phi) is 3.29. The molecular weight excluding hydrogens is 296 g/mol. The first kappa shape index (κ1) is 14.1. The number of nitriles is 1. The van der Waals surface area contributed by atoms with E-state index in [9.17, 15) is 18.4 Å². The number of hydrogen-bond donors (Lipinski definition) is 2. The fourth-order valence-corrected chi connectivity index (χ4v) is 2.36. The van der Waals surface area contributed by atoms with Crippen molar-refractivity contribution in [3.63, 3.8) is 0 Å². The highest BCUT2D eigenvalue weighted by Gasteiger charge is 2.46. The molecule has 2 atom stereocenters. The summed E-state index contributed by atoms with van der Waals surface area (Å²) in [6.45, 7) is 0. The zero-order valence-electron chi connectivity index (χ0n) is 11.0. The second-order valence-electron chi connectivity index (χ2n) is 4.97. The third kappa shape index (κ3) is 2.39. The van der Waals surface area contributed by atoms with E-state index < -0.39 is 29.5 Å². The van der Waals surface area contributed by atoms with E-state index in [2.05, 4.69) is 15.2 Å². The lowest BCUT2D eigenvalue weighted by molar-refractivity contribution is 0.120. The fourth-order valence-electron chi connectivity index (χ4n) is 2.36. The van der Waals surface area contributed by atoms with Crippen molar-refractivity contribution in [3.05, 3.63) is 44.4 Å². The molecule has 0 aliphatic heterocycles. The van der Waals surface area contributed by atoms with E-state index in [1.807, 2.05) is 11.1 Å². The number of nitrogens with zero attached hydrogens (tertiary/aromatic N) is 3. The van der Waals surface area contributed by atoms with E-state index in [1.54, 1.807) is 0 Å². The Morgan fingerprint density at radius 3 is 2.73 bits per heavy atom. The van der Waals surface area contributed by atoms with Gasteiger partial charge in [-0.3, -0.25) is 9.78 Å². The monoisotopic (exact) mass is 305 g/mol. The van der Waals surface area contributed by atoms with Gasteiger partial charge in [0.1, 0.15) is 11.8 Å². The molecule has 0 spiro atoms. The maximum atomic E-state index is 12.7. The van der Waals surface area contributed by atoms with Crippen molar-refractivity contribution in [2.75, 3.05) is 0 Å². The molecule has 1 fully saturated rings. The molecule has 22 heavy (non-hydrogen) atoms. The van der Waals surface area contributed by atoms with Crippen LogP contribution in [0.5, 0.6) is 0 Å². The molecule has 0 saturated heterocycles. The van der Waals surface area contributed by atoms with Gasteiger partial charge >= 0.3 is 5.69 Å². The third-order valence-corrected chi connectivity index (χ3v) is 3.59. The number of aromatic amines is 2. The van der Waals surface area contributed by atoms with Crippen LogP contribution in [0.4, 0.5) is 8.78 Å². The topological polar surface area (TPSA) is 115 Å². The summed E-state index contributed by atoms with van der Waals surface area (Å²) in [7, 11) is 0. The molecule has 9 heteroatoms. The van der Waals surface area contributed by atoms with Crippen LogP contribution in [0.15, 0.2) is 21.9 Å². The first-order chi connectivity index (χ1) is 10.5. The Morgan fingerprint density at radius 2 is 2.14 bits per heavy atom. The molecule has 2 aromatic rings. The normalized spacial score (nSPS) is 19.9. The molecule has 2 heterocycles. The maximum Gasteiger partial charge on any atom is 0.325 e. The zero-order chi connectivity index (χ0) is 15.9. The van der Waals surface area contributed by atoms with Crippen molar-refractivity contribution in [1.82, 2.24) is 20.2 Å². The van der Waals surface area contributed by atoms with Gasteiger partial charge in [-0.25, -0.2) is 13.6 Å². The molecular formula is C13H9F2N5O2. The van der Waals surface area contributed by atoms with Gasteiger partial charge in [-0.1, -0.05) is 0 Å². The number of H-pyrrole nitrogens is 2. The minimum absolute atomic E-state index is 0.0299. The SMILES string of the molecule is N#Cc1nnc(-c2c[nH]c(=O)[nH]c2=O)cc1[C@H]1CC1C(F)F. The summed E-state index contributed by atoms with van der Waals surface area (Å²) < 4.78 is 25.4. The van der Waals surface area contributed by atoms with E-state index in [4.69, 9.17) is 5.26 Å². The molecule has 3 rings (SSSR count). The lowest BCUT2D eigenvalue weighted by Gasteiger charge is -2.05. The van der Waals surface area contributed by atoms with Gasteiger partial charge in [0, 0.05) is 12.1 Å². The van der Waals surface area contributed by atoms with Crippen LogP contribution in [0.2, 0.25) is 0 Å². The summed E-state index contributed by atoms with van der Waals surface area (Å²) >= 11 is 0. The molecule has 2 aromatic heterocycles. The first-order valence-electron chi connectivity index (χ1n) is 6.39. The van der Waals surface area contributed by atoms with Crippen molar-refractivity contribution in [3.8, 4) is 17.3 Å². The minimum atomic E-state index is -2.47. The molecule has 1 unspecified atom stereocenters. The Balaban J connectivity index is 2.07. The first-order valence-corrected chi connectivity index (χ1v) is 6.39. The van der Waals surface area contributed by atoms with Crippen LogP contribution in [0, 0.1) is 17.2 Å². The Morgan fingerprint density at radius 1 is 1.36 bits per heavy atom. The molecule has 1 saturated carbocycles. The summed E-state index contributed by atoms with van der Waals surface area (Å²) in [5.41, 5.74) is -0.856. The highest BCUT2D eigenvalue weighted by atomic mass is 19.3. The van der Waals surface area contributed by atoms with Crippen LogP contribution in [-0.2, 0) is 0 Å². The fraction of sp³-hybridized carbons (Fsp3) is 0.308. The van der Waals surface area contributed by atoms with Gasteiger partial charge < -0.3 is 4.98 Å². The molecule has 0 amide bonds. The van der Waals surface area contributed by atoms with Crippen molar-refractivity contribution in [1.29, 1.82) is 5.26 Å². The average molecular weight is 305 g/mol. The molecule has 112 valence electrons. The number of hydrogen-bond acceptors (Lipinski definition) is 5. The molecule has 1 aliphatic rings. The highest BCUT2D eigenvalue weighted by Crippen LogP contribution is 2.51. The van der Waals surface area contributed by atoms with Crippen molar-refractivity contribution in [2.24, 2.45) is 5.92 Å². The molecule has 0 radical (unpaired) electrons. The number of aromatic nitrogens is 4. The second-order valence-corrected chi connectivity index (χ2v) is 4.97. The minimum Gasteiger partial charge on any atom is -0.313 e. The van der Waals surface area contributed by atoms with Gasteiger partial charge in [0.15, 0.2) is 5.69 Å². The summed E-state index contributed by atoms with van der Waals surface area (Å²) in [5.74, 6) is -1.27. The number of alkyl halides is 2. The zero-order valence-corrected chi connectivity index (χ0v) is 11.0. The predicted octanol–water partition coefficient (Wildman–Crippen LogP) is 0.760. The van der Waals surface area contributed by atoms with Crippen LogP contribution in [0.1, 0.15) is 23.6 Å². The van der Waals surface area contributed by atoms with Gasteiger partial charge in [-0.05, 0) is 24.0 Å². The van der Waals surface area contributed by atoms with E-state index >= 15 is 0 Å². The smallest absolute Gasteiger partial charge is 0.313 e. The molecule has 1 aliphatic carbocycles. The lowest BCUT2D eigenvalue weighted by atomic mass is 10.1. The highest BCUT2D eigenvalue weighted by molar-refractivity contribution is 5.58. The Labute approximate surface area is 121 Å². The molecule has 0 bridgehead atoms. The summed E-state index contributed by atoms with van der Waals surface area (Å²) in [4.78, 5) is 27.1. The average Bonchev–Trinajstić information content (AvgIpc) is 3.27. The molecule has 2 N–H and O–H groups in total. The predicted molar refractivity (Wildman–Crippen MR) is 70.3 cm³/mol. The van der Waals surface area contributed by atoms with Crippen molar-refractivity contribution in [2.45, 2.75) is 18.8 Å². The standard InChI is InChI=1S/C13H9F2N5O2/c14-11(15)7-1-5(7)6-2-9(19-20-10(6)3-16)8-4-17-13(22)18-12(8)21/h2,4-5,7,11H,1H2,(H2,17,18,21,22)/t5-,7?/m1/s1. The largest absolute Gasteiger partial charge is 0.325 e. The molecule has 0 aromatic carbocycles. The van der Waals surface area contributed by atoms with E-state index in [1.165, 1.54) is 12.3 Å². The van der Waals surface area contributed by atoms with Gasteiger partial charge in [-0.2, -0.15) is 5.26 Å². The number of rotatable bonds is 3. The number of halogens is 2. The van der Waals surface area contributed by atoms with Crippen LogP contribution < -0.4 is 11.2 Å². The summed E-state index contributed by atoms with van der Waals surface area (Å²) in [5, 5.41) is 16.5. The van der Waals surface area contributed by atoms with Gasteiger partial charge in [0.2, 0.25) is 6.43 Å². The molecule has 7 nitrogen and oxygen atoms in total. The van der Waals surface area contributed by atoms with Crippen molar-refractivity contribution >= 4 is 0 Å². The van der Waals surface area contributed by atoms with Crippen LogP contribution in [-0.4, -0.2) is 26.6 Å². The van der Waals surface area contributed by atoms with E-state index in [0.29, 0.717) is 5.56 Å². The maximum absolute atomic E-state index is 12.7. The van der Waals surface area contributed by atoms with Crippen molar-refractivity contribution < 1.29 is 8.78 Å². The second kappa shape index (κ2) is 5.14. The number of nitrogens with one attached hydrogen (secondary N) is 2. The Bertz CT molecular complexity index is 883. The van der Waals surface area contributed by atoms with E-state index in [0.717, 1.165) is 0 Å². The van der Waals surface area contributed by atoms with E-state index in [-0.39, 0.29) is 23.4 Å². The van der Waals surface area contributed by atoms with Gasteiger partial charge in [-0.15, -0.1) is 10.2 Å². The van der Waals surface area contributed by atoms with Gasteiger partial charge in [0.25, 0.3) is 5.56 Å². The van der Waals surface area contributed by atoms with Crippen LogP contribution >= 0.6 is 0 Å². The Hall–Kier alpha value is -2.89. The lowest BCUT2D eigenvalue weighted by Crippen LogP contribution is -2.23.